The highest BCUT2D eigenvalue weighted by Gasteiger charge is 2.06. The Labute approximate surface area is 118 Å². The summed E-state index contributed by atoms with van der Waals surface area (Å²) < 4.78 is 5.23. The summed E-state index contributed by atoms with van der Waals surface area (Å²) in [5, 5.41) is 0. The Balaban J connectivity index is 1.78. The first-order valence-electron chi connectivity index (χ1n) is 6.55. The number of pyridine rings is 1. The lowest BCUT2D eigenvalue weighted by Gasteiger charge is -2.06. The summed E-state index contributed by atoms with van der Waals surface area (Å²) in [7, 11) is 0. The molecule has 0 unspecified atom stereocenters. The van der Waals surface area contributed by atoms with Crippen LogP contribution in [0.3, 0.4) is 0 Å². The molecule has 20 heavy (non-hydrogen) atoms. The molecule has 1 aromatic carbocycles. The summed E-state index contributed by atoms with van der Waals surface area (Å²) in [4.78, 5) is 15.9. The zero-order chi connectivity index (χ0) is 14.4. The lowest BCUT2D eigenvalue weighted by atomic mass is 10.1. The molecular weight excluding hydrogens is 252 g/mol. The molecule has 0 atom stereocenters. The largest absolute Gasteiger partial charge is 0.459 e. The Kier molecular flexibility index (Phi) is 4.71. The molecule has 4 nitrogen and oxygen atoms in total. The minimum Gasteiger partial charge on any atom is -0.459 e. The number of carbonyl (C=O) groups excluding carboxylic acids is 1. The number of nitrogen functional groups attached to an aromatic ring is 1. The number of aromatic nitrogens is 1. The monoisotopic (exact) mass is 270 g/mol. The van der Waals surface area contributed by atoms with Gasteiger partial charge in [-0.15, -0.1) is 0 Å². The maximum absolute atomic E-state index is 11.7. The van der Waals surface area contributed by atoms with E-state index in [0.717, 1.165) is 22.5 Å². The lowest BCUT2D eigenvalue weighted by Crippen LogP contribution is -2.07. The summed E-state index contributed by atoms with van der Waals surface area (Å²) in [6, 6.07) is 11.3. The predicted molar refractivity (Wildman–Crippen MR) is 77.9 cm³/mol. The van der Waals surface area contributed by atoms with E-state index in [9.17, 15) is 4.79 Å². The van der Waals surface area contributed by atoms with Crippen molar-refractivity contribution in [3.63, 3.8) is 0 Å². The van der Waals surface area contributed by atoms with Crippen LogP contribution in [0.2, 0.25) is 0 Å². The number of esters is 1. The van der Waals surface area contributed by atoms with E-state index in [2.05, 4.69) is 4.98 Å². The molecule has 0 bridgehead atoms. The van der Waals surface area contributed by atoms with Gasteiger partial charge in [-0.25, -0.2) is 0 Å². The van der Waals surface area contributed by atoms with Gasteiger partial charge in [-0.2, -0.15) is 0 Å². The van der Waals surface area contributed by atoms with E-state index >= 15 is 0 Å². The summed E-state index contributed by atoms with van der Waals surface area (Å²) in [6.07, 6.45) is 2.71. The van der Waals surface area contributed by atoms with Gasteiger partial charge < -0.3 is 10.5 Å². The topological polar surface area (TPSA) is 65.2 Å². The summed E-state index contributed by atoms with van der Waals surface area (Å²) in [5.74, 6) is -0.216. The summed E-state index contributed by atoms with van der Waals surface area (Å²) in [5.41, 5.74) is 9.23. The molecule has 0 aliphatic heterocycles. The second kappa shape index (κ2) is 6.70. The van der Waals surface area contributed by atoms with Gasteiger partial charge in [0, 0.05) is 18.3 Å². The van der Waals surface area contributed by atoms with Gasteiger partial charge in [0.2, 0.25) is 0 Å². The normalized spacial score (nSPS) is 10.2. The Morgan fingerprint density at radius 3 is 2.70 bits per heavy atom. The molecule has 0 amide bonds. The van der Waals surface area contributed by atoms with Gasteiger partial charge >= 0.3 is 5.97 Å². The van der Waals surface area contributed by atoms with Crippen molar-refractivity contribution < 1.29 is 9.53 Å². The van der Waals surface area contributed by atoms with Gasteiger partial charge in [0.15, 0.2) is 0 Å². The van der Waals surface area contributed by atoms with Gasteiger partial charge in [-0.3, -0.25) is 9.78 Å². The fourth-order valence-corrected chi connectivity index (χ4v) is 1.82. The van der Waals surface area contributed by atoms with Crippen LogP contribution in [-0.4, -0.2) is 11.0 Å². The Hall–Kier alpha value is -2.36. The van der Waals surface area contributed by atoms with E-state index in [1.165, 1.54) is 0 Å². The van der Waals surface area contributed by atoms with E-state index in [0.29, 0.717) is 12.8 Å². The highest BCUT2D eigenvalue weighted by atomic mass is 16.5. The van der Waals surface area contributed by atoms with Crippen LogP contribution in [0.15, 0.2) is 42.6 Å². The molecule has 1 heterocycles. The number of nitrogens with zero attached hydrogens (tertiary/aromatic N) is 1. The second-order valence-corrected chi connectivity index (χ2v) is 4.67. The molecule has 4 heteroatoms. The number of nitrogens with two attached hydrogens (primary N) is 1. The number of ether oxygens (including phenoxy) is 1. The minimum absolute atomic E-state index is 0.216. The Morgan fingerprint density at radius 1 is 1.25 bits per heavy atom. The molecule has 0 fully saturated rings. The molecule has 2 N–H and O–H groups in total. The number of carbonyl (C=O) groups is 1. The molecule has 0 aliphatic rings. The van der Waals surface area contributed by atoms with Gasteiger partial charge in [0.05, 0.1) is 5.69 Å². The molecule has 0 radical (unpaired) electrons. The third-order valence-electron chi connectivity index (χ3n) is 3.09. The fraction of sp³-hybridized carbons (Fsp3) is 0.250. The van der Waals surface area contributed by atoms with Crippen molar-refractivity contribution in [2.45, 2.75) is 26.4 Å². The SMILES string of the molecule is Cc1cccnc1COC(=O)CCc1ccc(N)cc1. The van der Waals surface area contributed by atoms with E-state index in [1.54, 1.807) is 6.20 Å². The van der Waals surface area contributed by atoms with E-state index < -0.39 is 0 Å². The average Bonchev–Trinajstić information content (AvgIpc) is 2.46. The molecule has 2 aromatic rings. The highest BCUT2D eigenvalue weighted by Crippen LogP contribution is 2.09. The first-order chi connectivity index (χ1) is 9.65. The van der Waals surface area contributed by atoms with Crippen LogP contribution < -0.4 is 5.73 Å². The van der Waals surface area contributed by atoms with Crippen LogP contribution in [0.25, 0.3) is 0 Å². The van der Waals surface area contributed by atoms with E-state index in [4.69, 9.17) is 10.5 Å². The van der Waals surface area contributed by atoms with Crippen molar-refractivity contribution in [3.05, 3.63) is 59.4 Å². The van der Waals surface area contributed by atoms with Crippen molar-refractivity contribution in [2.75, 3.05) is 5.73 Å². The minimum atomic E-state index is -0.216. The van der Waals surface area contributed by atoms with Crippen LogP contribution in [0.4, 0.5) is 5.69 Å². The zero-order valence-corrected chi connectivity index (χ0v) is 11.5. The van der Waals surface area contributed by atoms with Crippen molar-refractivity contribution in [2.24, 2.45) is 0 Å². The maximum atomic E-state index is 11.7. The average molecular weight is 270 g/mol. The molecule has 104 valence electrons. The number of hydrogen-bond donors (Lipinski definition) is 1. The number of anilines is 1. The van der Waals surface area contributed by atoms with Crippen molar-refractivity contribution in [1.82, 2.24) is 4.98 Å². The molecule has 0 saturated carbocycles. The van der Waals surface area contributed by atoms with E-state index in [-0.39, 0.29) is 12.6 Å². The van der Waals surface area contributed by atoms with Gasteiger partial charge in [-0.1, -0.05) is 18.2 Å². The van der Waals surface area contributed by atoms with Crippen LogP contribution in [-0.2, 0) is 22.6 Å². The van der Waals surface area contributed by atoms with Crippen LogP contribution >= 0.6 is 0 Å². The van der Waals surface area contributed by atoms with Crippen molar-refractivity contribution in [1.29, 1.82) is 0 Å². The number of hydrogen-bond acceptors (Lipinski definition) is 4. The molecule has 0 saturated heterocycles. The first kappa shape index (κ1) is 14.1. The molecule has 1 aromatic heterocycles. The van der Waals surface area contributed by atoms with Gasteiger partial charge in [-0.05, 0) is 42.7 Å². The highest BCUT2D eigenvalue weighted by molar-refractivity contribution is 5.69. The zero-order valence-electron chi connectivity index (χ0n) is 11.5. The third kappa shape index (κ3) is 4.09. The quantitative estimate of drug-likeness (QED) is 0.670. The number of aryl methyl sites for hydroxylation is 2. The summed E-state index contributed by atoms with van der Waals surface area (Å²) >= 11 is 0. The summed E-state index contributed by atoms with van der Waals surface area (Å²) in [6.45, 7) is 2.18. The Bertz CT molecular complexity index is 579. The number of rotatable bonds is 5. The van der Waals surface area contributed by atoms with Crippen LogP contribution in [0, 0.1) is 6.92 Å². The molecular formula is C16H18N2O2. The standard InChI is InChI=1S/C16H18N2O2/c1-12-3-2-10-18-15(12)11-20-16(19)9-6-13-4-7-14(17)8-5-13/h2-5,7-8,10H,6,9,11,17H2,1H3. The smallest absolute Gasteiger partial charge is 0.306 e. The van der Waals surface area contributed by atoms with Crippen molar-refractivity contribution >= 4 is 11.7 Å². The third-order valence-corrected chi connectivity index (χ3v) is 3.09. The van der Waals surface area contributed by atoms with Crippen LogP contribution in [0.1, 0.15) is 23.2 Å². The molecule has 2 rings (SSSR count). The molecule has 0 aliphatic carbocycles. The predicted octanol–water partition coefficient (Wildman–Crippen LogP) is 2.65. The number of benzene rings is 1. The van der Waals surface area contributed by atoms with Gasteiger partial charge in [0.1, 0.15) is 6.61 Å². The van der Waals surface area contributed by atoms with Crippen molar-refractivity contribution in [3.8, 4) is 0 Å². The van der Waals surface area contributed by atoms with Gasteiger partial charge in [0.25, 0.3) is 0 Å². The maximum Gasteiger partial charge on any atom is 0.306 e. The fourth-order valence-electron chi connectivity index (χ4n) is 1.82. The lowest BCUT2D eigenvalue weighted by molar-refractivity contribution is -0.145. The first-order valence-corrected chi connectivity index (χ1v) is 6.55. The Morgan fingerprint density at radius 2 is 2.00 bits per heavy atom. The van der Waals surface area contributed by atoms with E-state index in [1.807, 2.05) is 43.3 Å². The van der Waals surface area contributed by atoms with Crippen LogP contribution in [0.5, 0.6) is 0 Å². The molecule has 0 spiro atoms. The second-order valence-electron chi connectivity index (χ2n) is 4.67.